The van der Waals surface area contributed by atoms with Crippen LogP contribution in [0, 0.1) is 0 Å². The fourth-order valence-electron chi connectivity index (χ4n) is 2.69. The number of ether oxygens (including phenoxy) is 1. The molecule has 0 radical (unpaired) electrons. The van der Waals surface area contributed by atoms with Gasteiger partial charge in [-0.1, -0.05) is 24.2 Å². The topological polar surface area (TPSA) is 60.2 Å². The normalized spacial score (nSPS) is 17.6. The summed E-state index contributed by atoms with van der Waals surface area (Å²) < 4.78 is 10.7. The van der Waals surface area contributed by atoms with Crippen LogP contribution in [0.1, 0.15) is 37.0 Å². The zero-order chi connectivity index (χ0) is 14.7. The van der Waals surface area contributed by atoms with Crippen molar-refractivity contribution in [2.45, 2.75) is 31.6 Å². The molecule has 2 aromatic rings. The van der Waals surface area contributed by atoms with Gasteiger partial charge >= 0.3 is 0 Å². The van der Waals surface area contributed by atoms with Crippen LogP contribution in [0.25, 0.3) is 0 Å². The number of hydrogen-bond acceptors (Lipinski definition) is 5. The number of methoxy groups -OCH3 is 1. The van der Waals surface area contributed by atoms with Crippen LogP contribution in [-0.4, -0.2) is 30.3 Å². The molecular formula is C16H21N3O2. The van der Waals surface area contributed by atoms with E-state index in [4.69, 9.17) is 9.26 Å². The lowest BCUT2D eigenvalue weighted by Gasteiger charge is -2.30. The molecule has 2 heterocycles. The Balaban J connectivity index is 1.72. The molecule has 1 aliphatic heterocycles. The molecule has 3 rings (SSSR count). The first-order chi connectivity index (χ1) is 10.2. The highest BCUT2D eigenvalue weighted by Gasteiger charge is 2.34. The van der Waals surface area contributed by atoms with Crippen molar-refractivity contribution in [3.63, 3.8) is 0 Å². The Morgan fingerprint density at radius 3 is 2.62 bits per heavy atom. The van der Waals surface area contributed by atoms with E-state index in [0.29, 0.717) is 6.42 Å². The van der Waals surface area contributed by atoms with Gasteiger partial charge in [0.2, 0.25) is 5.89 Å². The Bertz CT molecular complexity index is 586. The minimum absolute atomic E-state index is 0.0103. The molecule has 1 aliphatic rings. The van der Waals surface area contributed by atoms with Gasteiger partial charge in [-0.2, -0.15) is 4.98 Å². The van der Waals surface area contributed by atoms with E-state index < -0.39 is 0 Å². The molecule has 1 N–H and O–H groups in total. The predicted octanol–water partition coefficient (Wildman–Crippen LogP) is 2.31. The van der Waals surface area contributed by atoms with E-state index in [2.05, 4.69) is 22.4 Å². The molecule has 5 nitrogen and oxygen atoms in total. The molecule has 1 aromatic heterocycles. The molecule has 112 valence electrons. The third kappa shape index (κ3) is 3.08. The first-order valence-electron chi connectivity index (χ1n) is 7.36. The molecule has 0 saturated carbocycles. The minimum Gasteiger partial charge on any atom is -0.497 e. The lowest BCUT2D eigenvalue weighted by molar-refractivity contribution is 0.240. The van der Waals surface area contributed by atoms with Gasteiger partial charge < -0.3 is 14.6 Å². The lowest BCUT2D eigenvalue weighted by Crippen LogP contribution is -2.37. The molecule has 1 fully saturated rings. The second kappa shape index (κ2) is 5.85. The first kappa shape index (κ1) is 14.1. The SMILES string of the molecule is COc1ccc(Cc2noc(C3(C)CCNCC3)n2)cc1. The van der Waals surface area contributed by atoms with E-state index in [1.54, 1.807) is 7.11 Å². The van der Waals surface area contributed by atoms with Crippen molar-refractivity contribution in [3.8, 4) is 5.75 Å². The highest BCUT2D eigenvalue weighted by atomic mass is 16.5. The van der Waals surface area contributed by atoms with Crippen LogP contribution in [-0.2, 0) is 11.8 Å². The summed E-state index contributed by atoms with van der Waals surface area (Å²) in [5, 5.41) is 7.50. The number of rotatable bonds is 4. The second-order valence-corrected chi connectivity index (χ2v) is 5.85. The standard InChI is InChI=1S/C16H21N3O2/c1-16(7-9-17-10-8-16)15-18-14(19-21-15)11-12-3-5-13(20-2)6-4-12/h3-6,17H,7-11H2,1-2H3. The van der Waals surface area contributed by atoms with E-state index in [0.717, 1.165) is 49.0 Å². The van der Waals surface area contributed by atoms with Crippen molar-refractivity contribution in [2.75, 3.05) is 20.2 Å². The molecular weight excluding hydrogens is 266 g/mol. The summed E-state index contributed by atoms with van der Waals surface area (Å²) in [4.78, 5) is 4.61. The third-order valence-corrected chi connectivity index (χ3v) is 4.21. The number of aromatic nitrogens is 2. The fourth-order valence-corrected chi connectivity index (χ4v) is 2.69. The van der Waals surface area contributed by atoms with Crippen LogP contribution in [0.5, 0.6) is 5.75 Å². The third-order valence-electron chi connectivity index (χ3n) is 4.21. The van der Waals surface area contributed by atoms with Gasteiger partial charge in [0.25, 0.3) is 0 Å². The molecule has 0 atom stereocenters. The van der Waals surface area contributed by atoms with Crippen LogP contribution < -0.4 is 10.1 Å². The monoisotopic (exact) mass is 287 g/mol. The molecule has 0 spiro atoms. The molecule has 0 unspecified atom stereocenters. The van der Waals surface area contributed by atoms with Crippen molar-refractivity contribution in [2.24, 2.45) is 0 Å². The summed E-state index contributed by atoms with van der Waals surface area (Å²) in [6.07, 6.45) is 2.76. The van der Waals surface area contributed by atoms with Gasteiger partial charge in [-0.15, -0.1) is 0 Å². The van der Waals surface area contributed by atoms with Crippen molar-refractivity contribution in [1.29, 1.82) is 0 Å². The Labute approximate surface area is 124 Å². The Kier molecular flexibility index (Phi) is 3.92. The summed E-state index contributed by atoms with van der Waals surface area (Å²) in [7, 11) is 1.67. The molecule has 5 heteroatoms. The van der Waals surface area contributed by atoms with Crippen molar-refractivity contribution < 1.29 is 9.26 Å². The average Bonchev–Trinajstić information content (AvgIpc) is 2.98. The average molecular weight is 287 g/mol. The lowest BCUT2D eigenvalue weighted by atomic mass is 9.81. The molecule has 0 amide bonds. The highest BCUT2D eigenvalue weighted by Crippen LogP contribution is 2.31. The number of nitrogens with one attached hydrogen (secondary N) is 1. The summed E-state index contributed by atoms with van der Waals surface area (Å²) in [5.74, 6) is 2.37. The van der Waals surface area contributed by atoms with E-state index in [1.165, 1.54) is 0 Å². The molecule has 1 aromatic carbocycles. The maximum absolute atomic E-state index is 5.51. The van der Waals surface area contributed by atoms with Gasteiger partial charge in [-0.3, -0.25) is 0 Å². The van der Waals surface area contributed by atoms with Gasteiger partial charge in [0, 0.05) is 11.8 Å². The van der Waals surface area contributed by atoms with Gasteiger partial charge in [-0.25, -0.2) is 0 Å². The summed E-state index contributed by atoms with van der Waals surface area (Å²) in [5.41, 5.74) is 1.16. The molecule has 0 aliphatic carbocycles. The zero-order valence-electron chi connectivity index (χ0n) is 12.6. The Morgan fingerprint density at radius 1 is 1.24 bits per heavy atom. The smallest absolute Gasteiger partial charge is 0.232 e. The Hall–Kier alpha value is -1.88. The van der Waals surface area contributed by atoms with Gasteiger partial charge in [0.05, 0.1) is 7.11 Å². The van der Waals surface area contributed by atoms with Gasteiger partial charge in [-0.05, 0) is 43.6 Å². The van der Waals surface area contributed by atoms with Crippen molar-refractivity contribution >= 4 is 0 Å². The van der Waals surface area contributed by atoms with Crippen LogP contribution >= 0.6 is 0 Å². The van der Waals surface area contributed by atoms with E-state index >= 15 is 0 Å². The number of hydrogen-bond donors (Lipinski definition) is 1. The van der Waals surface area contributed by atoms with Crippen molar-refractivity contribution in [1.82, 2.24) is 15.5 Å². The van der Waals surface area contributed by atoms with Crippen LogP contribution in [0.4, 0.5) is 0 Å². The summed E-state index contributed by atoms with van der Waals surface area (Å²) in [6.45, 7) is 4.22. The second-order valence-electron chi connectivity index (χ2n) is 5.85. The largest absolute Gasteiger partial charge is 0.497 e. The Morgan fingerprint density at radius 2 is 1.95 bits per heavy atom. The highest BCUT2D eigenvalue weighted by molar-refractivity contribution is 5.28. The number of benzene rings is 1. The maximum Gasteiger partial charge on any atom is 0.232 e. The predicted molar refractivity (Wildman–Crippen MR) is 79.6 cm³/mol. The van der Waals surface area contributed by atoms with E-state index in [9.17, 15) is 0 Å². The van der Waals surface area contributed by atoms with Crippen molar-refractivity contribution in [3.05, 3.63) is 41.5 Å². The zero-order valence-corrected chi connectivity index (χ0v) is 12.6. The first-order valence-corrected chi connectivity index (χ1v) is 7.36. The summed E-state index contributed by atoms with van der Waals surface area (Å²) >= 11 is 0. The number of piperidine rings is 1. The fraction of sp³-hybridized carbons (Fsp3) is 0.500. The van der Waals surface area contributed by atoms with Crippen LogP contribution in [0.2, 0.25) is 0 Å². The quantitative estimate of drug-likeness (QED) is 0.935. The number of nitrogens with zero attached hydrogens (tertiary/aromatic N) is 2. The van der Waals surface area contributed by atoms with E-state index in [-0.39, 0.29) is 5.41 Å². The minimum atomic E-state index is 0.0103. The van der Waals surface area contributed by atoms with Gasteiger partial charge in [0.15, 0.2) is 5.82 Å². The van der Waals surface area contributed by atoms with Crippen LogP contribution in [0.15, 0.2) is 28.8 Å². The summed E-state index contributed by atoms with van der Waals surface area (Å²) in [6, 6.07) is 7.96. The van der Waals surface area contributed by atoms with Crippen LogP contribution in [0.3, 0.4) is 0 Å². The molecule has 21 heavy (non-hydrogen) atoms. The van der Waals surface area contributed by atoms with E-state index in [1.807, 2.05) is 24.3 Å². The maximum atomic E-state index is 5.51. The van der Waals surface area contributed by atoms with Gasteiger partial charge in [0.1, 0.15) is 5.75 Å². The molecule has 0 bridgehead atoms. The molecule has 1 saturated heterocycles.